The van der Waals surface area contributed by atoms with E-state index in [1.165, 1.54) is 0 Å². The molecule has 1 aliphatic rings. The number of ether oxygens (including phenoxy) is 2. The molecule has 4 nitrogen and oxygen atoms in total. The predicted octanol–water partition coefficient (Wildman–Crippen LogP) is -0.232. The molecule has 1 N–H and O–H groups in total. The summed E-state index contributed by atoms with van der Waals surface area (Å²) < 4.78 is 10.1. The van der Waals surface area contributed by atoms with Gasteiger partial charge < -0.3 is 14.6 Å². The molecule has 0 amide bonds. The van der Waals surface area contributed by atoms with E-state index in [0.29, 0.717) is 6.54 Å². The van der Waals surface area contributed by atoms with E-state index in [0.717, 1.165) is 0 Å². The number of hydrogen-bond donors (Lipinski definition) is 1. The van der Waals surface area contributed by atoms with Crippen LogP contribution in [0.2, 0.25) is 0 Å². The molecule has 58 valence electrons. The minimum Gasteiger partial charge on any atom is -0.394 e. The van der Waals surface area contributed by atoms with Crippen LogP contribution in [0.15, 0.2) is 4.99 Å². The molecule has 0 radical (unpaired) electrons. The molecular formula is C6H11NO3. The van der Waals surface area contributed by atoms with Gasteiger partial charge >= 0.3 is 0 Å². The van der Waals surface area contributed by atoms with Crippen molar-refractivity contribution >= 4 is 6.21 Å². The molecule has 0 atom stereocenters. The fraction of sp³-hybridized carbons (Fsp3) is 0.833. The number of aliphatic imine (C=N–C) groups is 1. The predicted molar refractivity (Wildman–Crippen MR) is 35.9 cm³/mol. The van der Waals surface area contributed by atoms with Crippen molar-refractivity contribution in [3.8, 4) is 0 Å². The lowest BCUT2D eigenvalue weighted by Gasteiger charge is -2.30. The van der Waals surface area contributed by atoms with Gasteiger partial charge in [0.2, 0.25) is 0 Å². The number of nitrogens with zero attached hydrogens (tertiary/aromatic N) is 1. The highest BCUT2D eigenvalue weighted by molar-refractivity contribution is 5.61. The van der Waals surface area contributed by atoms with E-state index in [4.69, 9.17) is 14.6 Å². The fourth-order valence-electron chi connectivity index (χ4n) is 0.677. The minimum absolute atomic E-state index is 0.0682. The lowest BCUT2D eigenvalue weighted by molar-refractivity contribution is -0.342. The quantitative estimate of drug-likeness (QED) is 0.558. The van der Waals surface area contributed by atoms with Crippen molar-refractivity contribution in [2.75, 3.05) is 13.2 Å². The Bertz CT molecular complexity index is 120. The molecule has 0 aromatic carbocycles. The SMILES string of the molecule is CC1OC(/C=N/CCO)O1. The van der Waals surface area contributed by atoms with Gasteiger partial charge in [-0.2, -0.15) is 0 Å². The van der Waals surface area contributed by atoms with Crippen LogP contribution in [-0.2, 0) is 9.47 Å². The van der Waals surface area contributed by atoms with Crippen LogP contribution in [0.5, 0.6) is 0 Å². The molecule has 1 aliphatic heterocycles. The zero-order chi connectivity index (χ0) is 7.40. The summed E-state index contributed by atoms with van der Waals surface area (Å²) >= 11 is 0. The first-order valence-corrected chi connectivity index (χ1v) is 3.24. The minimum atomic E-state index is -0.290. The Morgan fingerprint density at radius 1 is 1.60 bits per heavy atom. The van der Waals surface area contributed by atoms with Gasteiger partial charge in [0, 0.05) is 0 Å². The third-order valence-electron chi connectivity index (χ3n) is 1.11. The Balaban J connectivity index is 2.04. The molecule has 1 fully saturated rings. The molecule has 4 heteroatoms. The van der Waals surface area contributed by atoms with E-state index in [-0.39, 0.29) is 19.2 Å². The molecule has 1 heterocycles. The smallest absolute Gasteiger partial charge is 0.199 e. The molecule has 0 unspecified atom stereocenters. The van der Waals surface area contributed by atoms with Crippen LogP contribution >= 0.6 is 0 Å². The molecule has 0 aromatic rings. The van der Waals surface area contributed by atoms with Gasteiger partial charge in [-0.15, -0.1) is 0 Å². The monoisotopic (exact) mass is 145 g/mol. The van der Waals surface area contributed by atoms with Crippen molar-refractivity contribution < 1.29 is 14.6 Å². The summed E-state index contributed by atoms with van der Waals surface area (Å²) in [5.74, 6) is 0. The number of hydrogen-bond acceptors (Lipinski definition) is 4. The Kier molecular flexibility index (Phi) is 2.80. The summed E-state index contributed by atoms with van der Waals surface area (Å²) in [6, 6.07) is 0. The van der Waals surface area contributed by atoms with Crippen molar-refractivity contribution in [3.63, 3.8) is 0 Å². The summed E-state index contributed by atoms with van der Waals surface area (Å²) in [6.45, 7) is 2.30. The van der Waals surface area contributed by atoms with Gasteiger partial charge in [-0.05, 0) is 6.92 Å². The zero-order valence-electron chi connectivity index (χ0n) is 5.86. The maximum Gasteiger partial charge on any atom is 0.199 e. The number of rotatable bonds is 3. The van der Waals surface area contributed by atoms with Crippen molar-refractivity contribution in [1.82, 2.24) is 0 Å². The van der Waals surface area contributed by atoms with Gasteiger partial charge in [0.1, 0.15) is 0 Å². The molecule has 0 aromatic heterocycles. The molecule has 0 spiro atoms. The maximum absolute atomic E-state index is 8.33. The average Bonchev–Trinajstić information content (AvgIpc) is 1.85. The third-order valence-corrected chi connectivity index (χ3v) is 1.11. The van der Waals surface area contributed by atoms with Crippen LogP contribution in [0, 0.1) is 0 Å². The molecule has 0 saturated carbocycles. The van der Waals surface area contributed by atoms with Crippen molar-refractivity contribution in [2.45, 2.75) is 19.5 Å². The maximum atomic E-state index is 8.33. The largest absolute Gasteiger partial charge is 0.394 e. The summed E-state index contributed by atoms with van der Waals surface area (Å²) in [4.78, 5) is 3.82. The van der Waals surface area contributed by atoms with Gasteiger partial charge in [-0.25, -0.2) is 0 Å². The van der Waals surface area contributed by atoms with Gasteiger partial charge in [-0.1, -0.05) is 0 Å². The highest BCUT2D eigenvalue weighted by Gasteiger charge is 2.24. The van der Waals surface area contributed by atoms with Crippen molar-refractivity contribution in [1.29, 1.82) is 0 Å². The molecule has 0 aliphatic carbocycles. The van der Waals surface area contributed by atoms with Crippen LogP contribution in [0.4, 0.5) is 0 Å². The lowest BCUT2D eigenvalue weighted by atomic mass is 10.5. The molecular weight excluding hydrogens is 134 g/mol. The van der Waals surface area contributed by atoms with Crippen molar-refractivity contribution in [2.24, 2.45) is 4.99 Å². The Morgan fingerprint density at radius 2 is 2.30 bits per heavy atom. The Morgan fingerprint density at radius 3 is 2.80 bits per heavy atom. The Labute approximate surface area is 59.5 Å². The van der Waals surface area contributed by atoms with Gasteiger partial charge in [0.15, 0.2) is 12.6 Å². The molecule has 10 heavy (non-hydrogen) atoms. The first kappa shape index (κ1) is 7.65. The van der Waals surface area contributed by atoms with Crippen LogP contribution in [0.1, 0.15) is 6.92 Å². The lowest BCUT2D eigenvalue weighted by Crippen LogP contribution is -2.39. The summed E-state index contributed by atoms with van der Waals surface area (Å²) in [7, 11) is 0. The van der Waals surface area contributed by atoms with Crippen molar-refractivity contribution in [3.05, 3.63) is 0 Å². The topological polar surface area (TPSA) is 51.0 Å². The summed E-state index contributed by atoms with van der Waals surface area (Å²) in [6.07, 6.45) is 1.16. The van der Waals surface area contributed by atoms with E-state index in [1.807, 2.05) is 6.92 Å². The normalized spacial score (nSPS) is 32.6. The van der Waals surface area contributed by atoms with E-state index in [2.05, 4.69) is 4.99 Å². The summed E-state index contributed by atoms with van der Waals surface area (Å²) in [5.41, 5.74) is 0. The first-order valence-electron chi connectivity index (χ1n) is 3.24. The van der Waals surface area contributed by atoms with E-state index < -0.39 is 0 Å². The molecule has 1 rings (SSSR count). The van der Waals surface area contributed by atoms with E-state index >= 15 is 0 Å². The van der Waals surface area contributed by atoms with Gasteiger partial charge in [0.25, 0.3) is 0 Å². The highest BCUT2D eigenvalue weighted by atomic mass is 16.9. The zero-order valence-corrected chi connectivity index (χ0v) is 5.86. The van der Waals surface area contributed by atoms with E-state index in [1.54, 1.807) is 6.21 Å². The second kappa shape index (κ2) is 3.65. The van der Waals surface area contributed by atoms with Gasteiger partial charge in [-0.3, -0.25) is 4.99 Å². The molecule has 1 saturated heterocycles. The average molecular weight is 145 g/mol. The standard InChI is InChI=1S/C6H11NO3/c1-5-9-6(10-5)4-7-2-3-8/h4-6,8H,2-3H2,1H3/b7-4+. The highest BCUT2D eigenvalue weighted by Crippen LogP contribution is 2.12. The second-order valence-electron chi connectivity index (χ2n) is 1.99. The summed E-state index contributed by atoms with van der Waals surface area (Å²) in [5, 5.41) is 8.33. The number of aliphatic hydroxyl groups is 1. The van der Waals surface area contributed by atoms with Gasteiger partial charge in [0.05, 0.1) is 19.4 Å². The van der Waals surface area contributed by atoms with Crippen LogP contribution in [0.25, 0.3) is 0 Å². The van der Waals surface area contributed by atoms with E-state index in [9.17, 15) is 0 Å². The fourth-order valence-corrected chi connectivity index (χ4v) is 0.677. The first-order chi connectivity index (χ1) is 4.83. The molecule has 0 bridgehead atoms. The van der Waals surface area contributed by atoms with Crippen LogP contribution in [0.3, 0.4) is 0 Å². The Hall–Kier alpha value is -0.450. The van der Waals surface area contributed by atoms with Crippen LogP contribution < -0.4 is 0 Å². The number of aliphatic hydroxyl groups excluding tert-OH is 1. The van der Waals surface area contributed by atoms with Crippen LogP contribution in [-0.4, -0.2) is 37.1 Å². The third kappa shape index (κ3) is 2.06. The second-order valence-corrected chi connectivity index (χ2v) is 1.99.